The number of benzene rings is 2. The fourth-order valence-corrected chi connectivity index (χ4v) is 2.01. The molecule has 0 aliphatic heterocycles. The number of ether oxygens (including phenoxy) is 1. The molecule has 0 spiro atoms. The summed E-state index contributed by atoms with van der Waals surface area (Å²) in [7, 11) is 1.23. The van der Waals surface area contributed by atoms with Crippen molar-refractivity contribution in [1.82, 2.24) is 0 Å². The molecular weight excluding hydrogens is 256 g/mol. The van der Waals surface area contributed by atoms with Crippen molar-refractivity contribution in [2.45, 2.75) is 6.92 Å². The Bertz CT molecular complexity index is 660. The second kappa shape index (κ2) is 5.57. The molecule has 102 valence electrons. The number of carbonyl (C=O) groups excluding carboxylic acids is 2. The van der Waals surface area contributed by atoms with Gasteiger partial charge in [0.1, 0.15) is 5.75 Å². The van der Waals surface area contributed by atoms with Crippen LogP contribution in [-0.2, 0) is 4.74 Å². The van der Waals surface area contributed by atoms with Gasteiger partial charge in [0, 0.05) is 5.56 Å². The van der Waals surface area contributed by atoms with Crippen LogP contribution in [0, 0.1) is 6.92 Å². The molecular formula is C16H14O4. The van der Waals surface area contributed by atoms with Gasteiger partial charge in [-0.05, 0) is 24.6 Å². The SMILES string of the molecule is COC(=O)c1cc(C)cc(O)c1C(=O)c1ccccc1. The first-order chi connectivity index (χ1) is 9.54. The monoisotopic (exact) mass is 270 g/mol. The number of aryl methyl sites for hydroxylation is 1. The van der Waals surface area contributed by atoms with Gasteiger partial charge in [0.15, 0.2) is 5.78 Å². The molecule has 0 heterocycles. The predicted molar refractivity (Wildman–Crippen MR) is 74.1 cm³/mol. The van der Waals surface area contributed by atoms with Gasteiger partial charge >= 0.3 is 5.97 Å². The third kappa shape index (κ3) is 2.54. The molecule has 0 saturated carbocycles. The Morgan fingerprint density at radius 1 is 1.10 bits per heavy atom. The molecule has 4 nitrogen and oxygen atoms in total. The first kappa shape index (κ1) is 13.8. The minimum atomic E-state index is -0.650. The Labute approximate surface area is 116 Å². The molecule has 0 radical (unpaired) electrons. The quantitative estimate of drug-likeness (QED) is 0.688. The summed E-state index contributed by atoms with van der Waals surface area (Å²) in [4.78, 5) is 24.2. The van der Waals surface area contributed by atoms with E-state index in [4.69, 9.17) is 0 Å². The van der Waals surface area contributed by atoms with Crippen LogP contribution < -0.4 is 0 Å². The highest BCUT2D eigenvalue weighted by Crippen LogP contribution is 2.27. The number of aromatic hydroxyl groups is 1. The lowest BCUT2D eigenvalue weighted by Gasteiger charge is -2.10. The van der Waals surface area contributed by atoms with Crippen LogP contribution in [0.2, 0.25) is 0 Å². The van der Waals surface area contributed by atoms with Crippen molar-refractivity contribution >= 4 is 11.8 Å². The van der Waals surface area contributed by atoms with Crippen molar-refractivity contribution in [2.24, 2.45) is 0 Å². The van der Waals surface area contributed by atoms with Crippen molar-refractivity contribution in [3.8, 4) is 5.75 Å². The van der Waals surface area contributed by atoms with E-state index in [0.29, 0.717) is 11.1 Å². The summed E-state index contributed by atoms with van der Waals surface area (Å²) in [6.45, 7) is 1.73. The third-order valence-electron chi connectivity index (χ3n) is 2.93. The maximum Gasteiger partial charge on any atom is 0.338 e. The van der Waals surface area contributed by atoms with E-state index in [1.165, 1.54) is 19.2 Å². The van der Waals surface area contributed by atoms with Gasteiger partial charge in [0.2, 0.25) is 0 Å². The lowest BCUT2D eigenvalue weighted by molar-refractivity contribution is 0.0596. The molecule has 0 atom stereocenters. The second-order valence-electron chi connectivity index (χ2n) is 4.39. The minimum absolute atomic E-state index is 0.0337. The van der Waals surface area contributed by atoms with Crippen LogP contribution in [-0.4, -0.2) is 24.0 Å². The van der Waals surface area contributed by atoms with Crippen LogP contribution in [0.1, 0.15) is 31.8 Å². The van der Waals surface area contributed by atoms with Crippen molar-refractivity contribution in [3.63, 3.8) is 0 Å². The highest BCUT2D eigenvalue weighted by atomic mass is 16.5. The average molecular weight is 270 g/mol. The van der Waals surface area contributed by atoms with Crippen LogP contribution in [0.25, 0.3) is 0 Å². The molecule has 20 heavy (non-hydrogen) atoms. The van der Waals surface area contributed by atoms with E-state index in [2.05, 4.69) is 4.74 Å². The zero-order chi connectivity index (χ0) is 14.7. The third-order valence-corrected chi connectivity index (χ3v) is 2.93. The summed E-state index contributed by atoms with van der Waals surface area (Å²) < 4.78 is 4.67. The highest BCUT2D eigenvalue weighted by Gasteiger charge is 2.23. The van der Waals surface area contributed by atoms with Crippen LogP contribution >= 0.6 is 0 Å². The standard InChI is InChI=1S/C16H14O4/c1-10-8-12(16(19)20-2)14(13(17)9-10)15(18)11-6-4-3-5-7-11/h3-9,17H,1-2H3. The lowest BCUT2D eigenvalue weighted by atomic mass is 9.95. The Hall–Kier alpha value is -2.62. The fraction of sp³-hybridized carbons (Fsp3) is 0.125. The fourth-order valence-electron chi connectivity index (χ4n) is 2.01. The molecule has 0 bridgehead atoms. The van der Waals surface area contributed by atoms with E-state index < -0.39 is 11.8 Å². The number of esters is 1. The Kier molecular flexibility index (Phi) is 3.84. The predicted octanol–water partition coefficient (Wildman–Crippen LogP) is 2.72. The zero-order valence-electron chi connectivity index (χ0n) is 11.2. The number of methoxy groups -OCH3 is 1. The highest BCUT2D eigenvalue weighted by molar-refractivity contribution is 6.16. The second-order valence-corrected chi connectivity index (χ2v) is 4.39. The molecule has 0 unspecified atom stereocenters. The largest absolute Gasteiger partial charge is 0.507 e. The molecule has 0 aliphatic carbocycles. The van der Waals surface area contributed by atoms with E-state index in [0.717, 1.165) is 0 Å². The van der Waals surface area contributed by atoms with E-state index >= 15 is 0 Å². The topological polar surface area (TPSA) is 63.6 Å². The Morgan fingerprint density at radius 3 is 2.35 bits per heavy atom. The minimum Gasteiger partial charge on any atom is -0.507 e. The smallest absolute Gasteiger partial charge is 0.338 e. The van der Waals surface area contributed by atoms with E-state index in [1.807, 2.05) is 0 Å². The molecule has 0 amide bonds. The number of hydrogen-bond donors (Lipinski definition) is 1. The van der Waals surface area contributed by atoms with E-state index in [9.17, 15) is 14.7 Å². The molecule has 4 heteroatoms. The van der Waals surface area contributed by atoms with Crippen molar-refractivity contribution < 1.29 is 19.4 Å². The van der Waals surface area contributed by atoms with Crippen LogP contribution in [0.3, 0.4) is 0 Å². The number of hydrogen-bond acceptors (Lipinski definition) is 4. The number of phenols is 1. The van der Waals surface area contributed by atoms with Gasteiger partial charge in [-0.2, -0.15) is 0 Å². The van der Waals surface area contributed by atoms with Gasteiger partial charge in [-0.3, -0.25) is 4.79 Å². The van der Waals surface area contributed by atoms with Crippen LogP contribution in [0.5, 0.6) is 5.75 Å². The summed E-state index contributed by atoms with van der Waals surface area (Å²) in [6, 6.07) is 11.5. The van der Waals surface area contributed by atoms with E-state index in [-0.39, 0.29) is 16.9 Å². The molecule has 0 fully saturated rings. The summed E-state index contributed by atoms with van der Waals surface area (Å²) in [5.74, 6) is -1.29. The number of ketones is 1. The molecule has 2 aromatic rings. The average Bonchev–Trinajstić information content (AvgIpc) is 2.46. The van der Waals surface area contributed by atoms with Gasteiger partial charge in [-0.25, -0.2) is 4.79 Å². The van der Waals surface area contributed by atoms with Gasteiger partial charge in [-0.1, -0.05) is 30.3 Å². The summed E-state index contributed by atoms with van der Waals surface area (Å²) in [5, 5.41) is 10.0. The van der Waals surface area contributed by atoms with E-state index in [1.54, 1.807) is 37.3 Å². The molecule has 2 aromatic carbocycles. The summed E-state index contributed by atoms with van der Waals surface area (Å²) >= 11 is 0. The summed E-state index contributed by atoms with van der Waals surface area (Å²) in [5.41, 5.74) is 1.11. The van der Waals surface area contributed by atoms with Gasteiger partial charge in [0.05, 0.1) is 18.2 Å². The number of carbonyl (C=O) groups is 2. The lowest BCUT2D eigenvalue weighted by Crippen LogP contribution is -2.12. The molecule has 0 saturated heterocycles. The maximum atomic E-state index is 12.5. The number of phenolic OH excluding ortho intramolecular Hbond substituents is 1. The van der Waals surface area contributed by atoms with Gasteiger partial charge in [-0.15, -0.1) is 0 Å². The van der Waals surface area contributed by atoms with Crippen molar-refractivity contribution in [1.29, 1.82) is 0 Å². The first-order valence-electron chi connectivity index (χ1n) is 6.06. The molecule has 1 N–H and O–H groups in total. The molecule has 0 aliphatic rings. The maximum absolute atomic E-state index is 12.5. The van der Waals surface area contributed by atoms with Crippen LogP contribution in [0.4, 0.5) is 0 Å². The van der Waals surface area contributed by atoms with Gasteiger partial charge in [0.25, 0.3) is 0 Å². The Balaban J connectivity index is 2.61. The first-order valence-corrected chi connectivity index (χ1v) is 6.06. The van der Waals surface area contributed by atoms with Crippen molar-refractivity contribution in [2.75, 3.05) is 7.11 Å². The Morgan fingerprint density at radius 2 is 1.75 bits per heavy atom. The zero-order valence-corrected chi connectivity index (χ0v) is 11.2. The normalized spacial score (nSPS) is 10.1. The van der Waals surface area contributed by atoms with Gasteiger partial charge < -0.3 is 9.84 Å². The van der Waals surface area contributed by atoms with Crippen LogP contribution in [0.15, 0.2) is 42.5 Å². The molecule has 2 rings (SSSR count). The summed E-state index contributed by atoms with van der Waals surface area (Å²) in [6.07, 6.45) is 0. The molecule has 0 aromatic heterocycles. The number of rotatable bonds is 3. The van der Waals surface area contributed by atoms with Crippen molar-refractivity contribution in [3.05, 3.63) is 64.7 Å².